The lowest BCUT2D eigenvalue weighted by Crippen LogP contribution is -2.29. The fraction of sp³-hybridized carbons (Fsp3) is 0.625. The van der Waals surface area contributed by atoms with Gasteiger partial charge < -0.3 is 25.6 Å². The van der Waals surface area contributed by atoms with Crippen LogP contribution in [0.3, 0.4) is 0 Å². The van der Waals surface area contributed by atoms with Crippen molar-refractivity contribution in [2.24, 2.45) is 0 Å². The molecule has 1 heterocycles. The number of aliphatic hydroxyl groups excluding tert-OH is 2. The van der Waals surface area contributed by atoms with E-state index in [0.29, 0.717) is 24.7 Å². The molecular weight excluding hydrogens is 218 g/mol. The molecule has 1 rings (SSSR count). The summed E-state index contributed by atoms with van der Waals surface area (Å²) < 4.78 is 9.07. The monoisotopic (exact) mass is 233 g/mol. The highest BCUT2D eigenvalue weighted by atomic mass is 32.1. The smallest absolute Gasteiger partial charge is 0.197 e. The number of nitrogen functional groups attached to an aromatic ring is 1. The van der Waals surface area contributed by atoms with Crippen molar-refractivity contribution < 1.29 is 14.9 Å². The lowest BCUT2D eigenvalue weighted by Gasteiger charge is -2.21. The first kappa shape index (κ1) is 12.0. The highest BCUT2D eigenvalue weighted by molar-refractivity contribution is 7.11. The maximum absolute atomic E-state index is 8.88. The topological polar surface area (TPSA) is 91.8 Å². The lowest BCUT2D eigenvalue weighted by atomic mass is 10.4. The van der Waals surface area contributed by atoms with Crippen molar-refractivity contribution in [2.45, 2.75) is 0 Å². The molecule has 0 aliphatic carbocycles. The molecule has 86 valence electrons. The zero-order valence-corrected chi connectivity index (χ0v) is 9.33. The molecule has 1 aromatic heterocycles. The van der Waals surface area contributed by atoms with Gasteiger partial charge in [0.05, 0.1) is 20.3 Å². The molecule has 0 fully saturated rings. The zero-order valence-electron chi connectivity index (χ0n) is 8.51. The van der Waals surface area contributed by atoms with Crippen molar-refractivity contribution in [3.8, 4) is 5.75 Å². The molecule has 0 bridgehead atoms. The third-order valence-electron chi connectivity index (χ3n) is 1.89. The first-order valence-corrected chi connectivity index (χ1v) is 5.27. The van der Waals surface area contributed by atoms with Gasteiger partial charge >= 0.3 is 0 Å². The van der Waals surface area contributed by atoms with Crippen LogP contribution >= 0.6 is 11.5 Å². The number of aromatic nitrogens is 1. The van der Waals surface area contributed by atoms with E-state index in [2.05, 4.69) is 4.37 Å². The van der Waals surface area contributed by atoms with Gasteiger partial charge in [0.15, 0.2) is 16.6 Å². The van der Waals surface area contributed by atoms with Gasteiger partial charge in [-0.1, -0.05) is 0 Å². The Morgan fingerprint density at radius 1 is 1.40 bits per heavy atom. The molecule has 4 N–H and O–H groups in total. The summed E-state index contributed by atoms with van der Waals surface area (Å²) in [5.41, 5.74) is 5.60. The normalized spacial score (nSPS) is 10.3. The second-order valence-electron chi connectivity index (χ2n) is 2.84. The average molecular weight is 233 g/mol. The first-order chi connectivity index (χ1) is 7.24. The summed E-state index contributed by atoms with van der Waals surface area (Å²) in [6.45, 7) is 0.832. The van der Waals surface area contributed by atoms with Crippen LogP contribution in [0.15, 0.2) is 0 Å². The zero-order chi connectivity index (χ0) is 11.3. The van der Waals surface area contributed by atoms with Crippen LogP contribution in [0.2, 0.25) is 0 Å². The molecule has 0 saturated carbocycles. The van der Waals surface area contributed by atoms with Gasteiger partial charge in [-0.25, -0.2) is 0 Å². The third kappa shape index (κ3) is 2.71. The van der Waals surface area contributed by atoms with Crippen molar-refractivity contribution in [2.75, 3.05) is 44.0 Å². The molecule has 0 aliphatic heterocycles. The largest absolute Gasteiger partial charge is 0.490 e. The number of nitrogens with zero attached hydrogens (tertiary/aromatic N) is 2. The Labute approximate surface area is 92.1 Å². The predicted octanol–water partition coefficient (Wildman–Crippen LogP) is -0.475. The third-order valence-corrected chi connectivity index (χ3v) is 2.79. The van der Waals surface area contributed by atoms with Crippen LogP contribution in [0.1, 0.15) is 0 Å². The molecule has 7 heteroatoms. The summed E-state index contributed by atoms with van der Waals surface area (Å²) in [6, 6.07) is 0. The average Bonchev–Trinajstić information content (AvgIpc) is 2.59. The summed E-state index contributed by atoms with van der Waals surface area (Å²) in [6.07, 6.45) is 0. The molecule has 0 radical (unpaired) electrons. The molecule has 15 heavy (non-hydrogen) atoms. The van der Waals surface area contributed by atoms with E-state index in [4.69, 9.17) is 20.7 Å². The quantitative estimate of drug-likeness (QED) is 0.615. The van der Waals surface area contributed by atoms with Crippen molar-refractivity contribution in [3.05, 3.63) is 0 Å². The number of anilines is 2. The molecule has 0 atom stereocenters. The number of methoxy groups -OCH3 is 1. The van der Waals surface area contributed by atoms with E-state index in [9.17, 15) is 0 Å². The molecule has 1 aromatic rings. The maximum Gasteiger partial charge on any atom is 0.197 e. The Kier molecular flexibility index (Phi) is 4.60. The SMILES string of the molecule is COc1c(N)nsc1N(CCO)CCO. The minimum absolute atomic E-state index is 0.000951. The van der Waals surface area contributed by atoms with Crippen molar-refractivity contribution in [1.82, 2.24) is 4.37 Å². The number of hydrogen-bond acceptors (Lipinski definition) is 7. The van der Waals surface area contributed by atoms with E-state index in [0.717, 1.165) is 5.00 Å². The summed E-state index contributed by atoms with van der Waals surface area (Å²) in [5.74, 6) is 0.834. The summed E-state index contributed by atoms with van der Waals surface area (Å²) >= 11 is 1.19. The Bertz CT molecular complexity index is 299. The van der Waals surface area contributed by atoms with Gasteiger partial charge in [0.2, 0.25) is 0 Å². The summed E-state index contributed by atoms with van der Waals surface area (Å²) in [4.78, 5) is 1.78. The van der Waals surface area contributed by atoms with E-state index in [-0.39, 0.29) is 13.2 Å². The van der Waals surface area contributed by atoms with Crippen molar-refractivity contribution in [3.63, 3.8) is 0 Å². The predicted molar refractivity (Wildman–Crippen MR) is 59.5 cm³/mol. The van der Waals surface area contributed by atoms with Crippen LogP contribution in [-0.4, -0.2) is 48.0 Å². The summed E-state index contributed by atoms with van der Waals surface area (Å²) in [7, 11) is 1.51. The van der Waals surface area contributed by atoms with Gasteiger partial charge in [-0.15, -0.1) is 0 Å². The first-order valence-electron chi connectivity index (χ1n) is 4.50. The fourth-order valence-electron chi connectivity index (χ4n) is 1.23. The molecule has 0 spiro atoms. The van der Waals surface area contributed by atoms with Crippen LogP contribution in [0.5, 0.6) is 5.75 Å². The highest BCUT2D eigenvalue weighted by Gasteiger charge is 2.17. The Morgan fingerprint density at radius 3 is 2.47 bits per heavy atom. The minimum atomic E-state index is 0.000951. The molecule has 0 saturated heterocycles. The maximum atomic E-state index is 8.88. The second-order valence-corrected chi connectivity index (χ2v) is 3.59. The van der Waals surface area contributed by atoms with Crippen LogP contribution < -0.4 is 15.4 Å². The number of ether oxygens (including phenoxy) is 1. The Hall–Kier alpha value is -1.05. The van der Waals surface area contributed by atoms with E-state index < -0.39 is 0 Å². The molecule has 0 aliphatic rings. The van der Waals surface area contributed by atoms with Crippen LogP contribution in [-0.2, 0) is 0 Å². The van der Waals surface area contributed by atoms with Gasteiger partial charge in [-0.3, -0.25) is 0 Å². The van der Waals surface area contributed by atoms with E-state index in [1.54, 1.807) is 4.90 Å². The van der Waals surface area contributed by atoms with Gasteiger partial charge in [0, 0.05) is 13.1 Å². The summed E-state index contributed by atoms with van der Waals surface area (Å²) in [5, 5.41) is 18.5. The van der Waals surface area contributed by atoms with E-state index >= 15 is 0 Å². The van der Waals surface area contributed by atoms with Gasteiger partial charge in [0.1, 0.15) is 0 Å². The minimum Gasteiger partial charge on any atom is -0.490 e. The second kappa shape index (κ2) is 5.74. The van der Waals surface area contributed by atoms with Gasteiger partial charge in [-0.05, 0) is 11.5 Å². The van der Waals surface area contributed by atoms with Crippen LogP contribution in [0.4, 0.5) is 10.8 Å². The molecule has 6 nitrogen and oxygen atoms in total. The standard InChI is InChI=1S/C8H15N3O3S/c1-14-6-7(9)10-15-8(6)11(2-4-12)3-5-13/h12-13H,2-5H2,1H3,(H2,9,10). The fourth-order valence-corrected chi connectivity index (χ4v) is 2.07. The number of aliphatic hydroxyl groups is 2. The van der Waals surface area contributed by atoms with Crippen molar-refractivity contribution in [1.29, 1.82) is 0 Å². The van der Waals surface area contributed by atoms with Crippen molar-refractivity contribution >= 4 is 22.4 Å². The number of rotatable bonds is 6. The molecule has 0 unspecified atom stereocenters. The Morgan fingerprint density at radius 2 is 2.00 bits per heavy atom. The van der Waals surface area contributed by atoms with Crippen LogP contribution in [0, 0.1) is 0 Å². The molecular formula is C8H15N3O3S. The Balaban J connectivity index is 2.88. The number of nitrogens with two attached hydrogens (primary N) is 1. The number of hydrogen-bond donors (Lipinski definition) is 3. The molecule has 0 amide bonds. The molecule has 0 aromatic carbocycles. The van der Waals surface area contributed by atoms with Gasteiger partial charge in [0.25, 0.3) is 0 Å². The van der Waals surface area contributed by atoms with E-state index in [1.807, 2.05) is 0 Å². The lowest BCUT2D eigenvalue weighted by molar-refractivity contribution is 0.281. The van der Waals surface area contributed by atoms with E-state index in [1.165, 1.54) is 18.6 Å². The van der Waals surface area contributed by atoms with Gasteiger partial charge in [-0.2, -0.15) is 4.37 Å². The van der Waals surface area contributed by atoms with Crippen LogP contribution in [0.25, 0.3) is 0 Å². The highest BCUT2D eigenvalue weighted by Crippen LogP contribution is 2.37.